The van der Waals surface area contributed by atoms with Crippen LogP contribution in [0.2, 0.25) is 0 Å². The van der Waals surface area contributed by atoms with Crippen LogP contribution >= 0.6 is 0 Å². The maximum absolute atomic E-state index is 12.8. The lowest BCUT2D eigenvalue weighted by Crippen LogP contribution is -2.15. The first-order valence-corrected chi connectivity index (χ1v) is 10.7. The first kappa shape index (κ1) is 20.4. The zero-order valence-corrected chi connectivity index (χ0v) is 17.8. The average Bonchev–Trinajstić information content (AvgIpc) is 3.21. The van der Waals surface area contributed by atoms with Gasteiger partial charge in [-0.15, -0.1) is 0 Å². The van der Waals surface area contributed by atoms with Crippen LogP contribution in [0, 0.1) is 0 Å². The third kappa shape index (κ3) is 4.21. The van der Waals surface area contributed by atoms with Gasteiger partial charge in [-0.1, -0.05) is 12.1 Å². The Labute approximate surface area is 178 Å². The number of ether oxygens (including phenoxy) is 2. The number of nitrogens with one attached hydrogen (secondary N) is 2. The van der Waals surface area contributed by atoms with E-state index in [0.717, 1.165) is 0 Å². The van der Waals surface area contributed by atoms with Crippen LogP contribution in [0.25, 0.3) is 11.0 Å². The van der Waals surface area contributed by atoms with E-state index in [1.54, 1.807) is 50.6 Å². The van der Waals surface area contributed by atoms with Gasteiger partial charge in [-0.05, 0) is 24.3 Å². The van der Waals surface area contributed by atoms with Crippen LogP contribution in [-0.4, -0.2) is 42.4 Å². The van der Waals surface area contributed by atoms with Gasteiger partial charge in [0.05, 0.1) is 31.4 Å². The summed E-state index contributed by atoms with van der Waals surface area (Å²) in [6.07, 6.45) is 2.66. The zero-order valence-electron chi connectivity index (χ0n) is 17.0. The van der Waals surface area contributed by atoms with Gasteiger partial charge in [0, 0.05) is 25.0 Å². The highest BCUT2D eigenvalue weighted by Crippen LogP contribution is 2.33. The fourth-order valence-corrected chi connectivity index (χ4v) is 3.92. The van der Waals surface area contributed by atoms with E-state index in [1.165, 1.54) is 24.2 Å². The van der Waals surface area contributed by atoms with E-state index >= 15 is 0 Å². The van der Waals surface area contributed by atoms with E-state index in [0.29, 0.717) is 28.2 Å². The van der Waals surface area contributed by atoms with Gasteiger partial charge in [-0.3, -0.25) is 9.40 Å². The molecule has 0 aliphatic carbocycles. The third-order valence-corrected chi connectivity index (χ3v) is 5.73. The number of nitrogens with zero attached hydrogens (tertiary/aromatic N) is 4. The summed E-state index contributed by atoms with van der Waals surface area (Å²) in [7, 11) is 0.797. The van der Waals surface area contributed by atoms with E-state index in [4.69, 9.17) is 9.47 Å². The summed E-state index contributed by atoms with van der Waals surface area (Å²) in [5.41, 5.74) is 1.77. The van der Waals surface area contributed by atoms with E-state index in [1.807, 2.05) is 6.07 Å². The second-order valence-corrected chi connectivity index (χ2v) is 8.24. The predicted octanol–water partition coefficient (Wildman–Crippen LogP) is 2.92. The molecule has 2 N–H and O–H groups in total. The van der Waals surface area contributed by atoms with Gasteiger partial charge < -0.3 is 14.8 Å². The van der Waals surface area contributed by atoms with Crippen LogP contribution in [0.1, 0.15) is 0 Å². The van der Waals surface area contributed by atoms with Crippen molar-refractivity contribution >= 4 is 38.4 Å². The number of aryl methyl sites for hydroxylation is 1. The topological polar surface area (TPSA) is 120 Å². The molecule has 0 atom stereocenters. The van der Waals surface area contributed by atoms with Crippen LogP contribution < -0.4 is 19.5 Å². The Morgan fingerprint density at radius 2 is 1.61 bits per heavy atom. The molecule has 0 unspecified atom stereocenters. The lowest BCUT2D eigenvalue weighted by Gasteiger charge is -2.14. The number of rotatable bonds is 7. The molecule has 4 aromatic rings. The van der Waals surface area contributed by atoms with Crippen molar-refractivity contribution in [1.29, 1.82) is 0 Å². The minimum Gasteiger partial charge on any atom is -0.493 e. The molecule has 0 aliphatic rings. The summed E-state index contributed by atoms with van der Waals surface area (Å²) in [5, 5.41) is 7.03. The van der Waals surface area contributed by atoms with Gasteiger partial charge in [-0.2, -0.15) is 5.10 Å². The number of methoxy groups -OCH3 is 2. The number of benzene rings is 2. The van der Waals surface area contributed by atoms with Gasteiger partial charge in [0.15, 0.2) is 23.1 Å². The summed E-state index contributed by atoms with van der Waals surface area (Å²) in [6, 6.07) is 12.4. The van der Waals surface area contributed by atoms with Crippen molar-refractivity contribution in [2.45, 2.75) is 4.90 Å². The Bertz CT molecular complexity index is 1350. The molecule has 31 heavy (non-hydrogen) atoms. The molecule has 0 bridgehead atoms. The molecule has 2 heterocycles. The highest BCUT2D eigenvalue weighted by Gasteiger charge is 2.20. The van der Waals surface area contributed by atoms with Crippen molar-refractivity contribution in [1.82, 2.24) is 19.7 Å². The first-order chi connectivity index (χ1) is 14.9. The largest absolute Gasteiger partial charge is 0.493 e. The van der Waals surface area contributed by atoms with Gasteiger partial charge in [0.1, 0.15) is 4.90 Å². The number of anilines is 3. The molecule has 2 aromatic heterocycles. The third-order valence-electron chi connectivity index (χ3n) is 4.44. The fraction of sp³-hybridized carbons (Fsp3) is 0.150. The van der Waals surface area contributed by atoms with E-state index in [2.05, 4.69) is 25.1 Å². The standard InChI is InChI=1S/C20H20N6O4S/c1-26-12-14(11-21-26)31(27,28)25-20-19(23-15-6-4-5-7-16(15)24-20)22-13-8-9-17(29-2)18(10-13)30-3/h4-12H,1-3H3,(H,22,23)(H,24,25). The van der Waals surface area contributed by atoms with Crippen LogP contribution in [-0.2, 0) is 17.1 Å². The Hall–Kier alpha value is -3.86. The van der Waals surface area contributed by atoms with Crippen molar-refractivity contribution in [2.75, 3.05) is 24.3 Å². The SMILES string of the molecule is COc1ccc(Nc2nc3ccccc3nc2NS(=O)(=O)c2cnn(C)c2)cc1OC. The lowest BCUT2D eigenvalue weighted by atomic mass is 10.2. The van der Waals surface area contributed by atoms with Crippen molar-refractivity contribution in [3.05, 3.63) is 54.9 Å². The highest BCUT2D eigenvalue weighted by molar-refractivity contribution is 7.92. The summed E-state index contributed by atoms with van der Waals surface area (Å²) >= 11 is 0. The Kier molecular flexibility index (Phi) is 5.34. The van der Waals surface area contributed by atoms with Gasteiger partial charge >= 0.3 is 0 Å². The summed E-state index contributed by atoms with van der Waals surface area (Å²) < 4.78 is 40.2. The molecule has 160 valence electrons. The van der Waals surface area contributed by atoms with Crippen LogP contribution in [0.4, 0.5) is 17.3 Å². The number of sulfonamides is 1. The highest BCUT2D eigenvalue weighted by atomic mass is 32.2. The quantitative estimate of drug-likeness (QED) is 0.450. The molecule has 11 heteroatoms. The minimum atomic E-state index is -3.92. The van der Waals surface area contributed by atoms with Crippen molar-refractivity contribution in [3.63, 3.8) is 0 Å². The molecule has 0 spiro atoms. The molecule has 0 radical (unpaired) electrons. The summed E-state index contributed by atoms with van der Waals surface area (Å²) in [5.74, 6) is 1.37. The molecule has 4 rings (SSSR count). The van der Waals surface area contributed by atoms with Crippen LogP contribution in [0.15, 0.2) is 59.8 Å². The average molecular weight is 440 g/mol. The summed E-state index contributed by atoms with van der Waals surface area (Å²) in [6.45, 7) is 0. The van der Waals surface area contributed by atoms with Crippen molar-refractivity contribution < 1.29 is 17.9 Å². The molecule has 0 saturated carbocycles. The van der Waals surface area contributed by atoms with Gasteiger partial charge in [0.25, 0.3) is 10.0 Å². The molecule has 2 aromatic carbocycles. The number of para-hydroxylation sites is 2. The smallest absolute Gasteiger partial charge is 0.266 e. The fourth-order valence-electron chi connectivity index (χ4n) is 2.93. The van der Waals surface area contributed by atoms with Gasteiger partial charge in [0.2, 0.25) is 0 Å². The van der Waals surface area contributed by atoms with Crippen molar-refractivity contribution in [2.24, 2.45) is 7.05 Å². The molecular formula is C20H20N6O4S. The number of fused-ring (bicyclic) bond motifs is 1. The lowest BCUT2D eigenvalue weighted by molar-refractivity contribution is 0.355. The van der Waals surface area contributed by atoms with Gasteiger partial charge in [-0.25, -0.2) is 18.4 Å². The number of aromatic nitrogens is 4. The molecule has 0 fully saturated rings. The molecule has 10 nitrogen and oxygen atoms in total. The van der Waals surface area contributed by atoms with E-state index < -0.39 is 10.0 Å². The number of hydrogen-bond donors (Lipinski definition) is 2. The monoisotopic (exact) mass is 440 g/mol. The second kappa shape index (κ2) is 8.11. The van der Waals surface area contributed by atoms with Crippen LogP contribution in [0.3, 0.4) is 0 Å². The van der Waals surface area contributed by atoms with E-state index in [-0.39, 0.29) is 16.5 Å². The normalized spacial score (nSPS) is 11.3. The summed E-state index contributed by atoms with van der Waals surface area (Å²) in [4.78, 5) is 9.04. The maximum atomic E-state index is 12.8. The Morgan fingerprint density at radius 3 is 2.23 bits per heavy atom. The van der Waals surface area contributed by atoms with Crippen LogP contribution in [0.5, 0.6) is 11.5 Å². The van der Waals surface area contributed by atoms with Crippen molar-refractivity contribution in [3.8, 4) is 11.5 Å². The second-order valence-electron chi connectivity index (χ2n) is 6.56. The molecular weight excluding hydrogens is 420 g/mol. The number of hydrogen-bond acceptors (Lipinski definition) is 8. The van der Waals surface area contributed by atoms with E-state index in [9.17, 15) is 8.42 Å². The first-order valence-electron chi connectivity index (χ1n) is 9.17. The minimum absolute atomic E-state index is 0.0158. The Balaban J connectivity index is 1.77. The maximum Gasteiger partial charge on any atom is 0.266 e. The molecule has 0 aliphatic heterocycles. The molecule has 0 saturated heterocycles. The Morgan fingerprint density at radius 1 is 0.935 bits per heavy atom. The predicted molar refractivity (Wildman–Crippen MR) is 116 cm³/mol. The zero-order chi connectivity index (χ0) is 22.0. The molecule has 0 amide bonds.